The van der Waals surface area contributed by atoms with Crippen molar-refractivity contribution in [2.24, 2.45) is 5.10 Å². The number of hydrazone groups is 1. The Bertz CT molecular complexity index is 428. The van der Waals surface area contributed by atoms with Crippen LogP contribution in [0.4, 0.5) is 0 Å². The van der Waals surface area contributed by atoms with Crippen LogP contribution in [0.2, 0.25) is 0 Å². The second kappa shape index (κ2) is 6.29. The quantitative estimate of drug-likeness (QED) is 0.681. The zero-order valence-corrected chi connectivity index (χ0v) is 11.9. The zero-order chi connectivity index (χ0) is 12.8. The minimum Gasteiger partial charge on any atom is -0.273 e. The molecule has 1 N–H and O–H groups in total. The van der Waals surface area contributed by atoms with Crippen LogP contribution >= 0.6 is 23.5 Å². The minimum absolute atomic E-state index is 0.0202. The SMILES string of the molecule is CC1(CC(=O)N/N=C/c2ccccc2)SCCS1. The van der Waals surface area contributed by atoms with Gasteiger partial charge < -0.3 is 0 Å². The Labute approximate surface area is 116 Å². The van der Waals surface area contributed by atoms with Crippen molar-refractivity contribution in [3.05, 3.63) is 35.9 Å². The van der Waals surface area contributed by atoms with Gasteiger partial charge in [0, 0.05) is 11.5 Å². The van der Waals surface area contributed by atoms with Gasteiger partial charge in [-0.1, -0.05) is 30.3 Å². The molecule has 0 aromatic heterocycles. The lowest BCUT2D eigenvalue weighted by molar-refractivity contribution is -0.121. The van der Waals surface area contributed by atoms with Gasteiger partial charge in [-0.05, 0) is 12.5 Å². The maximum Gasteiger partial charge on any atom is 0.242 e. The van der Waals surface area contributed by atoms with E-state index in [1.807, 2.05) is 53.9 Å². The summed E-state index contributed by atoms with van der Waals surface area (Å²) in [7, 11) is 0. The van der Waals surface area contributed by atoms with Crippen LogP contribution in [-0.2, 0) is 4.79 Å². The first kappa shape index (κ1) is 13.5. The van der Waals surface area contributed by atoms with Gasteiger partial charge >= 0.3 is 0 Å². The van der Waals surface area contributed by atoms with Crippen molar-refractivity contribution in [1.29, 1.82) is 0 Å². The Kier molecular flexibility index (Phi) is 4.72. The molecular formula is C13H16N2OS2. The summed E-state index contributed by atoms with van der Waals surface area (Å²) in [5.74, 6) is 2.23. The maximum absolute atomic E-state index is 11.7. The first-order valence-electron chi connectivity index (χ1n) is 5.83. The Morgan fingerprint density at radius 2 is 2.06 bits per heavy atom. The van der Waals surface area contributed by atoms with Gasteiger partial charge in [-0.25, -0.2) is 5.43 Å². The Balaban J connectivity index is 1.80. The van der Waals surface area contributed by atoms with Crippen LogP contribution < -0.4 is 5.43 Å². The number of nitrogens with zero attached hydrogens (tertiary/aromatic N) is 1. The topological polar surface area (TPSA) is 41.5 Å². The standard InChI is InChI=1S/C13H16N2OS2/c1-13(17-7-8-18-13)9-12(16)15-14-10-11-5-3-2-4-6-11/h2-6,10H,7-9H2,1H3,(H,15,16)/b14-10+. The second-order valence-electron chi connectivity index (χ2n) is 4.21. The summed E-state index contributed by atoms with van der Waals surface area (Å²) in [6.07, 6.45) is 2.17. The summed E-state index contributed by atoms with van der Waals surface area (Å²) in [4.78, 5) is 11.7. The number of rotatable bonds is 4. The number of hydrogen-bond acceptors (Lipinski definition) is 4. The molecule has 2 rings (SSSR count). The number of carbonyl (C=O) groups excluding carboxylic acids is 1. The first-order chi connectivity index (χ1) is 8.68. The van der Waals surface area contributed by atoms with Crippen LogP contribution in [-0.4, -0.2) is 27.7 Å². The van der Waals surface area contributed by atoms with Crippen molar-refractivity contribution in [3.63, 3.8) is 0 Å². The molecule has 1 saturated heterocycles. The van der Waals surface area contributed by atoms with Crippen LogP contribution in [0.15, 0.2) is 35.4 Å². The Hall–Kier alpha value is -0.940. The van der Waals surface area contributed by atoms with E-state index in [0.29, 0.717) is 6.42 Å². The molecule has 18 heavy (non-hydrogen) atoms. The van der Waals surface area contributed by atoms with Gasteiger partial charge in [0.25, 0.3) is 0 Å². The lowest BCUT2D eigenvalue weighted by Gasteiger charge is -2.19. The molecule has 0 spiro atoms. The highest BCUT2D eigenvalue weighted by molar-refractivity contribution is 8.21. The van der Waals surface area contributed by atoms with Crippen LogP contribution in [0.5, 0.6) is 0 Å². The molecule has 96 valence electrons. The molecule has 1 aromatic rings. The summed E-state index contributed by atoms with van der Waals surface area (Å²) in [6.45, 7) is 2.12. The van der Waals surface area contributed by atoms with Gasteiger partial charge in [-0.3, -0.25) is 4.79 Å². The summed E-state index contributed by atoms with van der Waals surface area (Å²) in [5, 5.41) is 3.97. The third-order valence-electron chi connectivity index (χ3n) is 2.58. The van der Waals surface area contributed by atoms with Crippen molar-refractivity contribution >= 4 is 35.6 Å². The molecule has 3 nitrogen and oxygen atoms in total. The van der Waals surface area contributed by atoms with Crippen LogP contribution in [0, 0.1) is 0 Å². The van der Waals surface area contributed by atoms with Gasteiger partial charge in [-0.15, -0.1) is 23.5 Å². The highest BCUT2D eigenvalue weighted by atomic mass is 32.2. The van der Waals surface area contributed by atoms with E-state index in [-0.39, 0.29) is 9.99 Å². The third kappa shape index (κ3) is 4.07. The Morgan fingerprint density at radius 3 is 2.72 bits per heavy atom. The highest BCUT2D eigenvalue weighted by Gasteiger charge is 2.32. The molecular weight excluding hydrogens is 264 g/mol. The Morgan fingerprint density at radius 1 is 1.39 bits per heavy atom. The van der Waals surface area contributed by atoms with Gasteiger partial charge in [0.05, 0.1) is 16.7 Å². The van der Waals surface area contributed by atoms with Crippen LogP contribution in [0.1, 0.15) is 18.9 Å². The molecule has 1 fully saturated rings. The second-order valence-corrected chi connectivity index (χ2v) is 7.67. The normalized spacial score (nSPS) is 18.1. The number of hydrogen-bond donors (Lipinski definition) is 1. The molecule has 1 aromatic carbocycles. The van der Waals surface area contributed by atoms with Crippen molar-refractivity contribution in [2.45, 2.75) is 17.4 Å². The molecule has 0 unspecified atom stereocenters. The molecule has 1 aliphatic rings. The van der Waals surface area contributed by atoms with Crippen molar-refractivity contribution in [3.8, 4) is 0 Å². The van der Waals surface area contributed by atoms with Gasteiger partial charge in [0.15, 0.2) is 0 Å². The average molecular weight is 280 g/mol. The van der Waals surface area contributed by atoms with Crippen molar-refractivity contribution < 1.29 is 4.79 Å². The van der Waals surface area contributed by atoms with E-state index < -0.39 is 0 Å². The fourth-order valence-corrected chi connectivity index (χ4v) is 4.54. The highest BCUT2D eigenvalue weighted by Crippen LogP contribution is 2.45. The minimum atomic E-state index is -0.0217. The summed E-state index contributed by atoms with van der Waals surface area (Å²) >= 11 is 3.71. The molecule has 0 atom stereocenters. The molecule has 1 heterocycles. The van der Waals surface area contributed by atoms with Crippen molar-refractivity contribution in [1.82, 2.24) is 5.43 Å². The van der Waals surface area contributed by atoms with E-state index >= 15 is 0 Å². The molecule has 5 heteroatoms. The monoisotopic (exact) mass is 280 g/mol. The number of amides is 1. The van der Waals surface area contributed by atoms with E-state index in [0.717, 1.165) is 17.1 Å². The van der Waals surface area contributed by atoms with E-state index in [1.54, 1.807) is 6.21 Å². The molecule has 1 amide bonds. The number of nitrogens with one attached hydrogen (secondary N) is 1. The van der Waals surface area contributed by atoms with Crippen molar-refractivity contribution in [2.75, 3.05) is 11.5 Å². The summed E-state index contributed by atoms with van der Waals surface area (Å²) < 4.78 is 0.0202. The van der Waals surface area contributed by atoms with E-state index in [1.165, 1.54) is 0 Å². The average Bonchev–Trinajstić information content (AvgIpc) is 2.77. The molecule has 1 aliphatic heterocycles. The fraction of sp³-hybridized carbons (Fsp3) is 0.385. The smallest absolute Gasteiger partial charge is 0.242 e. The number of carbonyl (C=O) groups is 1. The van der Waals surface area contributed by atoms with Gasteiger partial charge in [0.2, 0.25) is 5.91 Å². The van der Waals surface area contributed by atoms with Crippen LogP contribution in [0.3, 0.4) is 0 Å². The fourth-order valence-electron chi connectivity index (χ4n) is 1.71. The predicted octanol–water partition coefficient (Wildman–Crippen LogP) is 2.72. The first-order valence-corrected chi connectivity index (χ1v) is 7.80. The summed E-state index contributed by atoms with van der Waals surface area (Å²) in [5.41, 5.74) is 3.57. The molecule has 0 saturated carbocycles. The van der Waals surface area contributed by atoms with Gasteiger partial charge in [-0.2, -0.15) is 5.10 Å². The predicted molar refractivity (Wildman–Crippen MR) is 80.1 cm³/mol. The zero-order valence-electron chi connectivity index (χ0n) is 10.3. The number of benzene rings is 1. The molecule has 0 radical (unpaired) electrons. The van der Waals surface area contributed by atoms with E-state index in [2.05, 4.69) is 17.5 Å². The summed E-state index contributed by atoms with van der Waals surface area (Å²) in [6, 6.07) is 9.72. The van der Waals surface area contributed by atoms with E-state index in [4.69, 9.17) is 0 Å². The van der Waals surface area contributed by atoms with E-state index in [9.17, 15) is 4.79 Å². The van der Waals surface area contributed by atoms with Gasteiger partial charge in [0.1, 0.15) is 0 Å². The lowest BCUT2D eigenvalue weighted by atomic mass is 10.2. The van der Waals surface area contributed by atoms with Crippen LogP contribution in [0.25, 0.3) is 0 Å². The number of thioether (sulfide) groups is 2. The maximum atomic E-state index is 11.7. The lowest BCUT2D eigenvalue weighted by Crippen LogP contribution is -2.26. The third-order valence-corrected chi connectivity index (χ3v) is 5.87. The molecule has 0 aliphatic carbocycles. The molecule has 0 bridgehead atoms. The largest absolute Gasteiger partial charge is 0.273 e.